The highest BCUT2D eigenvalue weighted by Crippen LogP contribution is 2.33. The molecule has 0 aromatic heterocycles. The van der Waals surface area contributed by atoms with Crippen molar-refractivity contribution in [2.24, 2.45) is 5.73 Å². The number of primary amides is 1. The van der Waals surface area contributed by atoms with Crippen molar-refractivity contribution in [1.29, 1.82) is 0 Å². The van der Waals surface area contributed by atoms with Crippen LogP contribution < -0.4 is 10.6 Å². The smallest absolute Gasteiger partial charge is 0.292 e. The summed E-state index contributed by atoms with van der Waals surface area (Å²) >= 11 is 0. The van der Waals surface area contributed by atoms with Crippen LogP contribution >= 0.6 is 0 Å². The summed E-state index contributed by atoms with van der Waals surface area (Å²) in [5.41, 5.74) is 6.79. The van der Waals surface area contributed by atoms with E-state index in [9.17, 15) is 20.0 Å². The molecule has 2 fully saturated rings. The zero-order valence-corrected chi connectivity index (χ0v) is 14.1. The van der Waals surface area contributed by atoms with Crippen LogP contribution in [0, 0.1) is 10.1 Å². The number of amides is 1. The van der Waals surface area contributed by atoms with Crippen LogP contribution in [0.5, 0.6) is 0 Å². The Morgan fingerprint density at radius 1 is 1.28 bits per heavy atom. The van der Waals surface area contributed by atoms with Crippen molar-refractivity contribution < 1.29 is 14.8 Å². The number of nitrogens with zero attached hydrogens (tertiary/aromatic N) is 3. The number of likely N-dealkylation sites (tertiary alicyclic amines) is 1. The number of nitrogens with two attached hydrogens (primary N) is 1. The zero-order chi connectivity index (χ0) is 18.0. The topological polar surface area (TPSA) is 113 Å². The fourth-order valence-electron chi connectivity index (χ4n) is 4.05. The lowest BCUT2D eigenvalue weighted by Crippen LogP contribution is -2.50. The highest BCUT2D eigenvalue weighted by Gasteiger charge is 2.36. The molecular formula is C17H24N4O4. The Kier molecular flexibility index (Phi) is 5.19. The molecule has 0 saturated carbocycles. The monoisotopic (exact) mass is 348 g/mol. The summed E-state index contributed by atoms with van der Waals surface area (Å²) in [7, 11) is 0. The van der Waals surface area contributed by atoms with Crippen LogP contribution in [0.4, 0.5) is 11.4 Å². The van der Waals surface area contributed by atoms with Gasteiger partial charge in [-0.3, -0.25) is 19.8 Å². The second-order valence-corrected chi connectivity index (χ2v) is 6.75. The van der Waals surface area contributed by atoms with E-state index in [0.29, 0.717) is 24.3 Å². The third kappa shape index (κ3) is 3.59. The number of hydrogen-bond donors (Lipinski definition) is 2. The summed E-state index contributed by atoms with van der Waals surface area (Å²) in [6, 6.07) is 4.84. The van der Waals surface area contributed by atoms with Crippen molar-refractivity contribution in [3.63, 3.8) is 0 Å². The molecule has 3 N–H and O–H groups in total. The molecule has 8 heteroatoms. The number of aliphatic hydroxyl groups excluding tert-OH is 1. The fraction of sp³-hybridized carbons (Fsp3) is 0.588. The van der Waals surface area contributed by atoms with E-state index in [1.165, 1.54) is 6.07 Å². The van der Waals surface area contributed by atoms with Gasteiger partial charge in [-0.2, -0.15) is 0 Å². The summed E-state index contributed by atoms with van der Waals surface area (Å²) in [5.74, 6) is -0.258. The predicted octanol–water partition coefficient (Wildman–Crippen LogP) is 1.01. The molecule has 1 atom stereocenters. The number of piperidine rings is 1. The molecule has 1 unspecified atom stereocenters. The molecule has 2 aliphatic heterocycles. The van der Waals surface area contributed by atoms with E-state index in [0.717, 1.165) is 32.2 Å². The first-order chi connectivity index (χ1) is 12.0. The lowest BCUT2D eigenvalue weighted by molar-refractivity contribution is -0.384. The van der Waals surface area contributed by atoms with Crippen molar-refractivity contribution >= 4 is 17.3 Å². The van der Waals surface area contributed by atoms with Crippen LogP contribution in [-0.4, -0.2) is 52.6 Å². The first kappa shape index (κ1) is 17.6. The fourth-order valence-corrected chi connectivity index (χ4v) is 4.05. The SMILES string of the molecule is NC(=O)C1CCCN1C1CCN(c2cc(CO)ccc2[N+](=O)[O-])CC1. The Morgan fingerprint density at radius 3 is 2.60 bits per heavy atom. The third-order valence-corrected chi connectivity index (χ3v) is 5.32. The average molecular weight is 348 g/mol. The second-order valence-electron chi connectivity index (χ2n) is 6.75. The Hall–Kier alpha value is -2.19. The molecule has 0 radical (unpaired) electrons. The number of benzene rings is 1. The Morgan fingerprint density at radius 2 is 2.00 bits per heavy atom. The van der Waals surface area contributed by atoms with E-state index in [1.807, 2.05) is 4.90 Å². The predicted molar refractivity (Wildman–Crippen MR) is 93.2 cm³/mol. The molecule has 8 nitrogen and oxygen atoms in total. The minimum atomic E-state index is -0.383. The Balaban J connectivity index is 1.72. The zero-order valence-electron chi connectivity index (χ0n) is 14.1. The van der Waals surface area contributed by atoms with Gasteiger partial charge in [-0.15, -0.1) is 0 Å². The number of nitro benzene ring substituents is 1. The van der Waals surface area contributed by atoms with Gasteiger partial charge in [0.2, 0.25) is 5.91 Å². The van der Waals surface area contributed by atoms with E-state index in [2.05, 4.69) is 4.90 Å². The van der Waals surface area contributed by atoms with Gasteiger partial charge in [0.05, 0.1) is 17.6 Å². The molecule has 0 aliphatic carbocycles. The number of nitro groups is 1. The van der Waals surface area contributed by atoms with Gasteiger partial charge in [0.1, 0.15) is 5.69 Å². The molecular weight excluding hydrogens is 324 g/mol. The van der Waals surface area contributed by atoms with Gasteiger partial charge in [0, 0.05) is 25.2 Å². The van der Waals surface area contributed by atoms with Crippen LogP contribution in [0.3, 0.4) is 0 Å². The van der Waals surface area contributed by atoms with Crippen molar-refractivity contribution in [3.05, 3.63) is 33.9 Å². The number of anilines is 1. The van der Waals surface area contributed by atoms with Crippen LogP contribution in [0.25, 0.3) is 0 Å². The molecule has 1 aromatic rings. The van der Waals surface area contributed by atoms with Gasteiger partial charge in [-0.05, 0) is 49.9 Å². The quantitative estimate of drug-likeness (QED) is 0.606. The lowest BCUT2D eigenvalue weighted by atomic mass is 10.0. The largest absolute Gasteiger partial charge is 0.392 e. The van der Waals surface area contributed by atoms with Gasteiger partial charge in [0.25, 0.3) is 5.69 Å². The number of carbonyl (C=O) groups is 1. The van der Waals surface area contributed by atoms with Crippen molar-refractivity contribution in [2.45, 2.75) is 44.4 Å². The van der Waals surface area contributed by atoms with E-state index in [4.69, 9.17) is 5.73 Å². The highest BCUT2D eigenvalue weighted by molar-refractivity contribution is 5.80. The number of hydrogen-bond acceptors (Lipinski definition) is 6. The highest BCUT2D eigenvalue weighted by atomic mass is 16.6. The summed E-state index contributed by atoms with van der Waals surface area (Å²) in [6.07, 6.45) is 3.48. The number of carbonyl (C=O) groups excluding carboxylic acids is 1. The van der Waals surface area contributed by atoms with Gasteiger partial charge in [0.15, 0.2) is 0 Å². The molecule has 136 valence electrons. The van der Waals surface area contributed by atoms with Gasteiger partial charge in [-0.1, -0.05) is 0 Å². The second kappa shape index (κ2) is 7.37. The Labute approximate surface area is 146 Å². The lowest BCUT2D eigenvalue weighted by Gasteiger charge is -2.39. The maximum atomic E-state index is 11.6. The number of rotatable bonds is 5. The van der Waals surface area contributed by atoms with Gasteiger partial charge >= 0.3 is 0 Å². The molecule has 3 rings (SSSR count). The summed E-state index contributed by atoms with van der Waals surface area (Å²) in [4.78, 5) is 26.7. The molecule has 1 amide bonds. The summed E-state index contributed by atoms with van der Waals surface area (Å²) in [5, 5.41) is 20.6. The van der Waals surface area contributed by atoms with E-state index >= 15 is 0 Å². The van der Waals surface area contributed by atoms with Crippen LogP contribution in [-0.2, 0) is 11.4 Å². The normalized spacial score (nSPS) is 22.3. The first-order valence-electron chi connectivity index (χ1n) is 8.69. The van der Waals surface area contributed by atoms with Crippen LogP contribution in [0.1, 0.15) is 31.2 Å². The summed E-state index contributed by atoms with van der Waals surface area (Å²) < 4.78 is 0. The molecule has 2 aliphatic rings. The molecule has 1 aromatic carbocycles. The van der Waals surface area contributed by atoms with E-state index in [-0.39, 0.29) is 35.2 Å². The first-order valence-corrected chi connectivity index (χ1v) is 8.69. The minimum absolute atomic E-state index is 0.0619. The minimum Gasteiger partial charge on any atom is -0.392 e. The molecule has 0 spiro atoms. The Bertz CT molecular complexity index is 658. The molecule has 2 heterocycles. The van der Waals surface area contributed by atoms with Crippen molar-refractivity contribution in [2.75, 3.05) is 24.5 Å². The molecule has 2 saturated heterocycles. The maximum absolute atomic E-state index is 11.6. The van der Waals surface area contributed by atoms with E-state index < -0.39 is 0 Å². The molecule has 25 heavy (non-hydrogen) atoms. The van der Waals surface area contributed by atoms with Gasteiger partial charge < -0.3 is 15.7 Å². The van der Waals surface area contributed by atoms with E-state index in [1.54, 1.807) is 12.1 Å². The maximum Gasteiger partial charge on any atom is 0.292 e. The third-order valence-electron chi connectivity index (χ3n) is 5.32. The average Bonchev–Trinajstić information content (AvgIpc) is 3.11. The van der Waals surface area contributed by atoms with Crippen molar-refractivity contribution in [3.8, 4) is 0 Å². The van der Waals surface area contributed by atoms with Crippen LogP contribution in [0.2, 0.25) is 0 Å². The van der Waals surface area contributed by atoms with Crippen LogP contribution in [0.15, 0.2) is 18.2 Å². The molecule has 0 bridgehead atoms. The standard InChI is InChI=1S/C17H24N4O4/c18-17(23)15-2-1-7-20(15)13-5-8-19(9-6-13)16-10-12(11-22)3-4-14(16)21(24)25/h3-4,10,13,15,22H,1-2,5-9,11H2,(H2,18,23). The number of aliphatic hydroxyl groups is 1. The summed E-state index contributed by atoms with van der Waals surface area (Å²) in [6.45, 7) is 2.11. The van der Waals surface area contributed by atoms with Gasteiger partial charge in [-0.25, -0.2) is 0 Å². The van der Waals surface area contributed by atoms with Crippen molar-refractivity contribution in [1.82, 2.24) is 4.90 Å².